The number of nitrogens with one attached hydrogen (secondary N) is 1. The highest BCUT2D eigenvalue weighted by atomic mass is 35.5. The van der Waals surface area contributed by atoms with Gasteiger partial charge in [-0.1, -0.05) is 30.2 Å². The van der Waals surface area contributed by atoms with E-state index in [1.54, 1.807) is 0 Å². The van der Waals surface area contributed by atoms with Gasteiger partial charge in [-0.05, 0) is 69.9 Å². The molecule has 2 aliphatic rings. The number of amides is 1. The fraction of sp³-hybridized carbons (Fsp3) is 0.480. The van der Waals surface area contributed by atoms with Crippen LogP contribution in [0.1, 0.15) is 56.9 Å². The molecule has 0 bridgehead atoms. The van der Waals surface area contributed by atoms with Gasteiger partial charge in [-0.15, -0.1) is 0 Å². The summed E-state index contributed by atoms with van der Waals surface area (Å²) in [5, 5.41) is 3.23. The zero-order valence-electron chi connectivity index (χ0n) is 18.9. The van der Waals surface area contributed by atoms with Gasteiger partial charge in [0.25, 0.3) is 0 Å². The van der Waals surface area contributed by atoms with Gasteiger partial charge in [0.05, 0.1) is 23.4 Å². The normalized spacial score (nSPS) is 16.9. The molecule has 1 aromatic heterocycles. The van der Waals surface area contributed by atoms with E-state index in [4.69, 9.17) is 26.1 Å². The van der Waals surface area contributed by atoms with E-state index in [2.05, 4.69) is 28.5 Å². The summed E-state index contributed by atoms with van der Waals surface area (Å²) in [7, 11) is 0. The van der Waals surface area contributed by atoms with Crippen molar-refractivity contribution in [2.24, 2.45) is 4.99 Å². The number of halogens is 1. The molecule has 7 heteroatoms. The van der Waals surface area contributed by atoms with Crippen molar-refractivity contribution in [1.82, 2.24) is 10.3 Å². The standard InChI is InChI=1S/C25H30ClN3O3/c1-24(2,3)32-23(30)28-14-15-31-18-9-8-17-10-13-27-22(19(17)16-18)25(11-5-12-25)20-6-4-7-21(26)29-20/h4,6-9,16H,5,10-15H2,1-3H3,(H,28,30). The van der Waals surface area contributed by atoms with Gasteiger partial charge in [0.1, 0.15) is 23.1 Å². The first-order chi connectivity index (χ1) is 15.3. The molecule has 1 N–H and O–H groups in total. The Hall–Kier alpha value is -2.60. The van der Waals surface area contributed by atoms with Crippen LogP contribution in [-0.2, 0) is 16.6 Å². The van der Waals surface area contributed by atoms with Crippen LogP contribution in [0.5, 0.6) is 5.75 Å². The number of benzene rings is 1. The van der Waals surface area contributed by atoms with Crippen LogP contribution in [0.3, 0.4) is 0 Å². The van der Waals surface area contributed by atoms with Gasteiger partial charge < -0.3 is 14.8 Å². The number of hydrogen-bond acceptors (Lipinski definition) is 5. The van der Waals surface area contributed by atoms with Crippen LogP contribution in [0.25, 0.3) is 0 Å². The Morgan fingerprint density at radius 1 is 1.22 bits per heavy atom. The van der Waals surface area contributed by atoms with Crippen molar-refractivity contribution in [1.29, 1.82) is 0 Å². The van der Waals surface area contributed by atoms with Crippen molar-refractivity contribution in [2.45, 2.75) is 57.5 Å². The van der Waals surface area contributed by atoms with Crippen molar-refractivity contribution in [2.75, 3.05) is 19.7 Å². The van der Waals surface area contributed by atoms with E-state index in [0.717, 1.165) is 54.9 Å². The lowest BCUT2D eigenvalue weighted by Gasteiger charge is -2.44. The number of carbonyl (C=O) groups excluding carboxylic acids is 1. The smallest absolute Gasteiger partial charge is 0.407 e. The second kappa shape index (κ2) is 9.10. The van der Waals surface area contributed by atoms with Crippen LogP contribution in [0.4, 0.5) is 4.79 Å². The Labute approximate surface area is 194 Å². The van der Waals surface area contributed by atoms with Crippen LogP contribution >= 0.6 is 11.6 Å². The Kier molecular flexibility index (Phi) is 6.42. The topological polar surface area (TPSA) is 72.8 Å². The summed E-state index contributed by atoms with van der Waals surface area (Å²) >= 11 is 6.22. The third kappa shape index (κ3) is 4.90. The molecule has 1 aliphatic carbocycles. The summed E-state index contributed by atoms with van der Waals surface area (Å²) in [4.78, 5) is 21.4. The molecule has 4 rings (SSSR count). The molecule has 2 heterocycles. The lowest BCUT2D eigenvalue weighted by atomic mass is 9.61. The number of carbonyl (C=O) groups is 1. The lowest BCUT2D eigenvalue weighted by molar-refractivity contribution is 0.0520. The predicted octanol–water partition coefficient (Wildman–Crippen LogP) is 5.11. The van der Waals surface area contributed by atoms with Crippen LogP contribution in [0, 0.1) is 0 Å². The van der Waals surface area contributed by atoms with Crippen molar-refractivity contribution >= 4 is 23.4 Å². The highest BCUT2D eigenvalue weighted by Gasteiger charge is 2.46. The minimum absolute atomic E-state index is 0.184. The average molecular weight is 456 g/mol. The molecule has 2 aromatic rings. The molecule has 6 nitrogen and oxygen atoms in total. The van der Waals surface area contributed by atoms with E-state index < -0.39 is 11.7 Å². The van der Waals surface area contributed by atoms with Gasteiger partial charge in [-0.3, -0.25) is 4.99 Å². The lowest BCUT2D eigenvalue weighted by Crippen LogP contribution is -2.45. The van der Waals surface area contributed by atoms with Gasteiger partial charge >= 0.3 is 6.09 Å². The number of alkyl carbamates (subject to hydrolysis) is 1. The van der Waals surface area contributed by atoms with Gasteiger partial charge in [0.15, 0.2) is 0 Å². The Morgan fingerprint density at radius 2 is 2.03 bits per heavy atom. The van der Waals surface area contributed by atoms with Crippen LogP contribution in [-0.4, -0.2) is 42.1 Å². The molecule has 32 heavy (non-hydrogen) atoms. The zero-order chi connectivity index (χ0) is 22.8. The second-order valence-corrected chi connectivity index (χ2v) is 9.74. The first-order valence-electron chi connectivity index (χ1n) is 11.2. The Morgan fingerprint density at radius 3 is 2.72 bits per heavy atom. The molecule has 0 radical (unpaired) electrons. The quantitative estimate of drug-likeness (QED) is 0.485. The molecule has 1 aromatic carbocycles. The Bertz CT molecular complexity index is 1030. The van der Waals surface area contributed by atoms with Crippen molar-refractivity contribution in [3.63, 3.8) is 0 Å². The SMILES string of the molecule is CC(C)(C)OC(=O)NCCOc1ccc2c(c1)C(C1(c3cccc(Cl)n3)CCC1)=NCC2. The summed E-state index contributed by atoms with van der Waals surface area (Å²) in [5.74, 6) is 0.762. The maximum atomic E-state index is 11.8. The maximum Gasteiger partial charge on any atom is 0.407 e. The summed E-state index contributed by atoms with van der Waals surface area (Å²) in [6.45, 7) is 7.01. The third-order valence-corrected chi connectivity index (χ3v) is 6.10. The van der Waals surface area contributed by atoms with Crippen molar-refractivity contribution < 1.29 is 14.3 Å². The molecular weight excluding hydrogens is 426 g/mol. The van der Waals surface area contributed by atoms with E-state index >= 15 is 0 Å². The molecule has 0 spiro atoms. The Balaban J connectivity index is 1.48. The number of aliphatic imine (C=N–C) groups is 1. The largest absolute Gasteiger partial charge is 0.492 e. The monoisotopic (exact) mass is 455 g/mol. The molecule has 0 unspecified atom stereocenters. The maximum absolute atomic E-state index is 11.8. The molecule has 1 aliphatic heterocycles. The minimum Gasteiger partial charge on any atom is -0.492 e. The van der Waals surface area contributed by atoms with E-state index in [-0.39, 0.29) is 5.41 Å². The summed E-state index contributed by atoms with van der Waals surface area (Å²) < 4.78 is 11.2. The number of rotatable bonds is 6. The molecule has 0 saturated heterocycles. The summed E-state index contributed by atoms with van der Waals surface area (Å²) in [5.41, 5.74) is 3.80. The minimum atomic E-state index is -0.519. The van der Waals surface area contributed by atoms with Crippen LogP contribution in [0.2, 0.25) is 5.15 Å². The molecule has 1 saturated carbocycles. The van der Waals surface area contributed by atoms with E-state index in [9.17, 15) is 4.79 Å². The highest BCUT2D eigenvalue weighted by Crippen LogP contribution is 2.47. The summed E-state index contributed by atoms with van der Waals surface area (Å²) in [6.07, 6.45) is 3.65. The third-order valence-electron chi connectivity index (χ3n) is 5.89. The predicted molar refractivity (Wildman–Crippen MR) is 126 cm³/mol. The number of ether oxygens (including phenoxy) is 2. The van der Waals surface area contributed by atoms with Gasteiger partial charge in [0.2, 0.25) is 0 Å². The van der Waals surface area contributed by atoms with Gasteiger partial charge in [-0.2, -0.15) is 0 Å². The molecule has 1 amide bonds. The van der Waals surface area contributed by atoms with E-state index in [0.29, 0.717) is 18.3 Å². The second-order valence-electron chi connectivity index (χ2n) is 9.36. The first-order valence-corrected chi connectivity index (χ1v) is 11.6. The molecular formula is C25H30ClN3O3. The van der Waals surface area contributed by atoms with Crippen molar-refractivity contribution in [3.05, 3.63) is 58.4 Å². The number of nitrogens with zero attached hydrogens (tertiary/aromatic N) is 2. The van der Waals surface area contributed by atoms with Crippen molar-refractivity contribution in [3.8, 4) is 5.75 Å². The van der Waals surface area contributed by atoms with E-state index in [1.165, 1.54) is 5.56 Å². The zero-order valence-corrected chi connectivity index (χ0v) is 19.7. The van der Waals surface area contributed by atoms with Gasteiger partial charge in [0, 0.05) is 12.1 Å². The number of aromatic nitrogens is 1. The van der Waals surface area contributed by atoms with Gasteiger partial charge in [-0.25, -0.2) is 9.78 Å². The van der Waals surface area contributed by atoms with E-state index in [1.807, 2.05) is 39.0 Å². The fourth-order valence-electron chi connectivity index (χ4n) is 4.32. The first kappa shape index (κ1) is 22.6. The molecule has 1 fully saturated rings. The highest BCUT2D eigenvalue weighted by molar-refractivity contribution is 6.29. The summed E-state index contributed by atoms with van der Waals surface area (Å²) in [6, 6.07) is 12.0. The number of fused-ring (bicyclic) bond motifs is 1. The average Bonchev–Trinajstić information content (AvgIpc) is 2.69. The molecule has 0 atom stereocenters. The fourth-order valence-corrected chi connectivity index (χ4v) is 4.49. The number of hydrogen-bond donors (Lipinski definition) is 1. The molecule has 170 valence electrons. The van der Waals surface area contributed by atoms with Crippen LogP contribution in [0.15, 0.2) is 41.4 Å². The number of pyridine rings is 1. The van der Waals surface area contributed by atoms with Crippen LogP contribution < -0.4 is 10.1 Å².